The van der Waals surface area contributed by atoms with Gasteiger partial charge in [-0.05, 0) is 92.4 Å². The highest BCUT2D eigenvalue weighted by Gasteiger charge is 2.18. The van der Waals surface area contributed by atoms with Crippen LogP contribution >= 0.6 is 0 Å². The average Bonchev–Trinajstić information content (AvgIpc) is 3.23. The Morgan fingerprint density at radius 2 is 0.948 bits per heavy atom. The summed E-state index contributed by atoms with van der Waals surface area (Å²) in [6, 6.07) is 19.4. The zero-order chi connectivity index (χ0) is 41.7. The molecule has 0 saturated heterocycles. The smallest absolute Gasteiger partial charge is 0.343 e. The van der Waals surface area contributed by atoms with Crippen LogP contribution in [0.2, 0.25) is 0 Å². The number of ether oxygens (including phenoxy) is 6. The molecule has 300 valence electrons. The number of esters is 6. The molecule has 13 heteroatoms. The highest BCUT2D eigenvalue weighted by atomic mass is 16.6. The monoisotopic (exact) mass is 789 g/mol. The van der Waals surface area contributed by atoms with Crippen molar-refractivity contribution in [3.8, 4) is 23.0 Å². The van der Waals surface area contributed by atoms with E-state index in [-0.39, 0.29) is 52.7 Å². The predicted octanol–water partition coefficient (Wildman–Crippen LogP) is 9.00. The van der Waals surface area contributed by atoms with Gasteiger partial charge in [0.25, 0.3) is 0 Å². The minimum absolute atomic E-state index is 0.125. The van der Waals surface area contributed by atoms with Gasteiger partial charge in [-0.15, -0.1) is 0 Å². The van der Waals surface area contributed by atoms with E-state index in [1.165, 1.54) is 66.7 Å². The van der Waals surface area contributed by atoms with E-state index in [2.05, 4.69) is 18.0 Å². The van der Waals surface area contributed by atoms with Crippen LogP contribution in [-0.2, 0) is 28.7 Å². The van der Waals surface area contributed by atoms with E-state index in [4.69, 9.17) is 35.0 Å². The van der Waals surface area contributed by atoms with Gasteiger partial charge < -0.3 is 28.4 Å². The van der Waals surface area contributed by atoms with Crippen LogP contribution in [0.15, 0.2) is 104 Å². The van der Waals surface area contributed by atoms with Crippen LogP contribution < -0.4 is 18.9 Å². The summed E-state index contributed by atoms with van der Waals surface area (Å²) in [7, 11) is 0. The molecule has 58 heavy (non-hydrogen) atoms. The predicted molar refractivity (Wildman–Crippen MR) is 213 cm³/mol. The van der Waals surface area contributed by atoms with Crippen molar-refractivity contribution in [2.45, 2.75) is 64.2 Å². The first-order chi connectivity index (χ1) is 28.1. The van der Waals surface area contributed by atoms with E-state index >= 15 is 0 Å². The molecule has 0 spiro atoms. The lowest BCUT2D eigenvalue weighted by Gasteiger charge is -2.13. The van der Waals surface area contributed by atoms with Crippen molar-refractivity contribution >= 4 is 52.3 Å². The number of fused-ring (bicyclic) bond motifs is 1. The van der Waals surface area contributed by atoms with Crippen LogP contribution in [0.4, 0.5) is 5.69 Å². The molecule has 0 unspecified atom stereocenters. The molecule has 0 bridgehead atoms. The maximum atomic E-state index is 13.2. The number of carbonyl (C=O) groups excluding carboxylic acids is 6. The summed E-state index contributed by atoms with van der Waals surface area (Å²) in [5.74, 6) is -2.35. The molecule has 4 rings (SSSR count). The third-order valence-corrected chi connectivity index (χ3v) is 8.47. The minimum atomic E-state index is -0.708. The summed E-state index contributed by atoms with van der Waals surface area (Å²) in [6.45, 7) is 14.8. The standard InChI is InChI=1S/C45H43NO12/c1-4-40(47)53-28-12-8-6-10-14-42(49)55-34-21-16-31(17-22-34)44(51)57-38-26-27-39(37-30-33(46-3)20-25-36(37)38)58-45(52)32-18-23-35(24-19-32)56-43(50)15-11-7-9-13-29-54-41(48)5-2/h4-5,16-27,30H,1-2,6-15,28-29H2. The molecule has 0 radical (unpaired) electrons. The number of benzene rings is 4. The third-order valence-electron chi connectivity index (χ3n) is 8.47. The fraction of sp³-hybridized carbons (Fsp3) is 0.267. The van der Waals surface area contributed by atoms with Crippen molar-refractivity contribution in [1.29, 1.82) is 0 Å². The quantitative estimate of drug-likeness (QED) is 0.0245. The van der Waals surface area contributed by atoms with Gasteiger partial charge in [-0.25, -0.2) is 24.0 Å². The Morgan fingerprint density at radius 1 is 0.517 bits per heavy atom. The first kappa shape index (κ1) is 43.7. The summed E-state index contributed by atoms with van der Waals surface area (Å²) < 4.78 is 32.0. The maximum Gasteiger partial charge on any atom is 0.343 e. The van der Waals surface area contributed by atoms with Gasteiger partial charge in [-0.2, -0.15) is 0 Å². The molecule has 0 heterocycles. The summed E-state index contributed by atoms with van der Waals surface area (Å²) in [5.41, 5.74) is 0.634. The Hall–Kier alpha value is -7.07. The lowest BCUT2D eigenvalue weighted by atomic mass is 10.1. The number of hydrogen-bond acceptors (Lipinski definition) is 12. The molecular weight excluding hydrogens is 746 g/mol. The van der Waals surface area contributed by atoms with Gasteiger partial charge in [0.1, 0.15) is 23.0 Å². The lowest BCUT2D eigenvalue weighted by Crippen LogP contribution is -2.11. The molecule has 0 fully saturated rings. The van der Waals surface area contributed by atoms with Crippen LogP contribution in [0.3, 0.4) is 0 Å². The Bertz CT molecular complexity index is 2150. The number of nitrogens with zero attached hydrogens (tertiary/aromatic N) is 1. The fourth-order valence-corrected chi connectivity index (χ4v) is 5.44. The van der Waals surface area contributed by atoms with Crippen molar-refractivity contribution in [3.63, 3.8) is 0 Å². The summed E-state index contributed by atoms with van der Waals surface area (Å²) >= 11 is 0. The normalized spacial score (nSPS) is 10.4. The molecule has 0 N–H and O–H groups in total. The van der Waals surface area contributed by atoms with E-state index in [1.54, 1.807) is 12.1 Å². The molecule has 0 saturated carbocycles. The van der Waals surface area contributed by atoms with E-state index in [0.29, 0.717) is 49.7 Å². The van der Waals surface area contributed by atoms with Crippen molar-refractivity contribution in [2.24, 2.45) is 0 Å². The van der Waals surface area contributed by atoms with Gasteiger partial charge >= 0.3 is 35.8 Å². The molecule has 0 aromatic heterocycles. The van der Waals surface area contributed by atoms with Crippen LogP contribution in [-0.4, -0.2) is 49.0 Å². The number of rotatable bonds is 22. The molecule has 0 aliphatic rings. The Balaban J connectivity index is 1.29. The van der Waals surface area contributed by atoms with Crippen LogP contribution in [0, 0.1) is 6.57 Å². The average molecular weight is 790 g/mol. The number of hydrogen-bond donors (Lipinski definition) is 0. The van der Waals surface area contributed by atoms with Gasteiger partial charge in [0, 0.05) is 35.8 Å². The molecule has 4 aromatic carbocycles. The highest BCUT2D eigenvalue weighted by molar-refractivity contribution is 6.01. The molecule has 0 aliphatic carbocycles. The van der Waals surface area contributed by atoms with Gasteiger partial charge in [0.05, 0.1) is 30.9 Å². The van der Waals surface area contributed by atoms with E-state index in [0.717, 1.165) is 37.8 Å². The molecule has 0 aliphatic heterocycles. The molecule has 13 nitrogen and oxygen atoms in total. The second-order valence-corrected chi connectivity index (χ2v) is 12.8. The van der Waals surface area contributed by atoms with Gasteiger partial charge in [-0.1, -0.05) is 51.0 Å². The van der Waals surface area contributed by atoms with Crippen LogP contribution in [0.1, 0.15) is 84.9 Å². The van der Waals surface area contributed by atoms with Crippen LogP contribution in [0.25, 0.3) is 15.6 Å². The maximum absolute atomic E-state index is 13.2. The zero-order valence-corrected chi connectivity index (χ0v) is 31.9. The Kier molecular flexibility index (Phi) is 17.4. The van der Waals surface area contributed by atoms with Gasteiger partial charge in [0.2, 0.25) is 0 Å². The molecule has 4 aromatic rings. The Morgan fingerprint density at radius 3 is 1.38 bits per heavy atom. The van der Waals surface area contributed by atoms with Crippen LogP contribution in [0.5, 0.6) is 23.0 Å². The van der Waals surface area contributed by atoms with Gasteiger partial charge in [-0.3, -0.25) is 9.59 Å². The third kappa shape index (κ3) is 14.2. The fourth-order valence-electron chi connectivity index (χ4n) is 5.44. The molecular formula is C45H43NO12. The first-order valence-corrected chi connectivity index (χ1v) is 18.7. The van der Waals surface area contributed by atoms with E-state index < -0.39 is 35.8 Å². The minimum Gasteiger partial charge on any atom is -0.463 e. The lowest BCUT2D eigenvalue weighted by molar-refractivity contribution is -0.138. The van der Waals surface area contributed by atoms with Crippen molar-refractivity contribution in [1.82, 2.24) is 0 Å². The largest absolute Gasteiger partial charge is 0.463 e. The highest BCUT2D eigenvalue weighted by Crippen LogP contribution is 2.37. The summed E-state index contributed by atoms with van der Waals surface area (Å²) in [5, 5.41) is 0.765. The number of unbranched alkanes of at least 4 members (excludes halogenated alkanes) is 6. The topological polar surface area (TPSA) is 162 Å². The van der Waals surface area contributed by atoms with Crippen molar-refractivity contribution < 1.29 is 57.2 Å². The molecule has 0 amide bonds. The second-order valence-electron chi connectivity index (χ2n) is 12.8. The first-order valence-electron chi connectivity index (χ1n) is 18.7. The van der Waals surface area contributed by atoms with Crippen molar-refractivity contribution in [3.05, 3.63) is 127 Å². The second kappa shape index (κ2) is 23.1. The Labute approximate surface area is 335 Å². The summed E-state index contributed by atoms with van der Waals surface area (Å²) in [6.07, 6.45) is 8.32. The SMILES string of the molecule is [C-]#[N+]c1ccc2c(OC(=O)c3ccc(OC(=O)CCCCCCOC(=O)C=C)cc3)ccc(OC(=O)c3ccc(OC(=O)CCCCCCOC(=O)C=C)cc3)c2c1. The van der Waals surface area contributed by atoms with E-state index in [1.807, 2.05) is 0 Å². The molecule has 0 atom stereocenters. The van der Waals surface area contributed by atoms with E-state index in [9.17, 15) is 28.8 Å². The number of carbonyl (C=O) groups is 6. The van der Waals surface area contributed by atoms with Crippen molar-refractivity contribution in [2.75, 3.05) is 13.2 Å². The zero-order valence-electron chi connectivity index (χ0n) is 31.9. The summed E-state index contributed by atoms with van der Waals surface area (Å²) in [4.78, 5) is 76.5. The van der Waals surface area contributed by atoms with Gasteiger partial charge in [0.15, 0.2) is 5.69 Å².